The second-order valence-electron chi connectivity index (χ2n) is 10.7. The number of aldehydes is 1. The maximum Gasteiger partial charge on any atom is 0.265 e. The van der Waals surface area contributed by atoms with Crippen LogP contribution in [0.1, 0.15) is 32.6 Å². The summed E-state index contributed by atoms with van der Waals surface area (Å²) in [6.07, 6.45) is 5.33. The maximum atomic E-state index is 13.3. The average molecular weight is 643 g/mol. The minimum Gasteiger partial charge on any atom is -0.493 e. The molecule has 9 nitrogen and oxygen atoms in total. The first kappa shape index (κ1) is 31.0. The Hall–Kier alpha value is -5.98. The van der Waals surface area contributed by atoms with Crippen LogP contribution in [0.2, 0.25) is 5.02 Å². The molecule has 0 saturated heterocycles. The van der Waals surface area contributed by atoms with E-state index in [-0.39, 0.29) is 18.8 Å². The van der Waals surface area contributed by atoms with E-state index in [0.29, 0.717) is 50.0 Å². The van der Waals surface area contributed by atoms with Gasteiger partial charge in [-0.2, -0.15) is 5.26 Å². The van der Waals surface area contributed by atoms with E-state index in [1.807, 2.05) is 49.4 Å². The Morgan fingerprint density at radius 3 is 2.57 bits per heavy atom. The number of halogens is 1. The zero-order chi connectivity index (χ0) is 32.9. The molecule has 4 aromatic carbocycles. The van der Waals surface area contributed by atoms with Crippen molar-refractivity contribution in [2.75, 3.05) is 7.11 Å². The molecule has 0 aliphatic carbocycles. The number of fused-ring (bicyclic) bond motifs is 1. The van der Waals surface area contributed by atoms with E-state index in [2.05, 4.69) is 16.0 Å². The van der Waals surface area contributed by atoms with Gasteiger partial charge in [-0.1, -0.05) is 48.0 Å². The van der Waals surface area contributed by atoms with Gasteiger partial charge in [0.1, 0.15) is 37.6 Å². The third-order valence-electron chi connectivity index (χ3n) is 7.72. The fraction of sp³-hybridized carbons (Fsp3) is 0.108. The van der Waals surface area contributed by atoms with Crippen molar-refractivity contribution in [3.8, 4) is 40.1 Å². The molecule has 0 spiro atoms. The van der Waals surface area contributed by atoms with Crippen molar-refractivity contribution in [1.29, 1.82) is 5.26 Å². The molecule has 0 aliphatic rings. The maximum absolute atomic E-state index is 13.3. The molecule has 0 saturated carbocycles. The van der Waals surface area contributed by atoms with Gasteiger partial charge in [-0.3, -0.25) is 19.1 Å². The highest BCUT2D eigenvalue weighted by atomic mass is 35.5. The summed E-state index contributed by atoms with van der Waals surface area (Å²) in [6, 6.07) is 25.5. The van der Waals surface area contributed by atoms with Gasteiger partial charge in [0.05, 0.1) is 34.3 Å². The van der Waals surface area contributed by atoms with Crippen LogP contribution < -0.4 is 19.8 Å². The van der Waals surface area contributed by atoms with Crippen LogP contribution >= 0.6 is 11.6 Å². The van der Waals surface area contributed by atoms with Gasteiger partial charge >= 0.3 is 0 Å². The lowest BCUT2D eigenvalue weighted by molar-refractivity contribution is 0.112. The third-order valence-corrected chi connectivity index (χ3v) is 8.02. The summed E-state index contributed by atoms with van der Waals surface area (Å²) >= 11 is 6.55. The van der Waals surface area contributed by atoms with Crippen LogP contribution in [-0.2, 0) is 13.2 Å². The average Bonchev–Trinajstić information content (AvgIpc) is 3.11. The molecule has 0 radical (unpaired) electrons. The van der Waals surface area contributed by atoms with E-state index in [0.717, 1.165) is 34.1 Å². The summed E-state index contributed by atoms with van der Waals surface area (Å²) in [5, 5.41) is 9.95. The second kappa shape index (κ2) is 13.6. The van der Waals surface area contributed by atoms with Crippen molar-refractivity contribution in [2.45, 2.75) is 20.1 Å². The number of carbonyl (C=O) groups excluding carboxylic acids is 1. The highest BCUT2D eigenvalue weighted by Gasteiger charge is 2.15. The molecule has 2 heterocycles. The van der Waals surface area contributed by atoms with Gasteiger partial charge in [0, 0.05) is 35.7 Å². The number of aromatic nitrogens is 3. The van der Waals surface area contributed by atoms with Gasteiger partial charge in [0.2, 0.25) is 0 Å². The molecule has 10 heteroatoms. The van der Waals surface area contributed by atoms with E-state index in [1.165, 1.54) is 24.2 Å². The van der Waals surface area contributed by atoms with Crippen LogP contribution in [0, 0.1) is 18.3 Å². The first-order valence-corrected chi connectivity index (χ1v) is 14.9. The summed E-state index contributed by atoms with van der Waals surface area (Å²) in [4.78, 5) is 33.0. The molecule has 232 valence electrons. The molecule has 0 atom stereocenters. The normalized spacial score (nSPS) is 10.8. The number of carbonyl (C=O) groups is 1. The number of pyridine rings is 1. The monoisotopic (exact) mass is 642 g/mol. The van der Waals surface area contributed by atoms with E-state index in [4.69, 9.17) is 31.1 Å². The van der Waals surface area contributed by atoms with E-state index >= 15 is 0 Å². The van der Waals surface area contributed by atoms with E-state index in [1.54, 1.807) is 42.6 Å². The first-order chi connectivity index (χ1) is 22.9. The number of hydrogen-bond donors (Lipinski definition) is 0. The molecule has 0 fully saturated rings. The van der Waals surface area contributed by atoms with Gasteiger partial charge in [0.25, 0.3) is 5.56 Å². The van der Waals surface area contributed by atoms with Crippen molar-refractivity contribution < 1.29 is 19.0 Å². The third kappa shape index (κ3) is 6.54. The SMILES string of the molecule is COc1cc(Cl)c(OCc2cccc(-c3cccc(-n4cnc5cc(C=O)ccc5c4=O)c3)c2C)cc1OCc1cncc(C#N)c1. The summed E-state index contributed by atoms with van der Waals surface area (Å²) in [5.41, 5.74) is 6.37. The largest absolute Gasteiger partial charge is 0.493 e. The van der Waals surface area contributed by atoms with Gasteiger partial charge in [-0.25, -0.2) is 4.98 Å². The predicted octanol–water partition coefficient (Wildman–Crippen LogP) is 7.26. The minimum atomic E-state index is -0.226. The predicted molar refractivity (Wildman–Crippen MR) is 179 cm³/mol. The number of hydrogen-bond acceptors (Lipinski definition) is 8. The van der Waals surface area contributed by atoms with E-state index in [9.17, 15) is 9.59 Å². The highest BCUT2D eigenvalue weighted by molar-refractivity contribution is 6.32. The van der Waals surface area contributed by atoms with Crippen LogP contribution in [0.15, 0.2) is 102 Å². The molecule has 47 heavy (non-hydrogen) atoms. The van der Waals surface area contributed by atoms with Crippen molar-refractivity contribution in [1.82, 2.24) is 14.5 Å². The van der Waals surface area contributed by atoms with Crippen LogP contribution in [0.3, 0.4) is 0 Å². The zero-order valence-electron chi connectivity index (χ0n) is 25.4. The lowest BCUT2D eigenvalue weighted by Crippen LogP contribution is -2.18. The molecular weight excluding hydrogens is 616 g/mol. The number of nitriles is 1. The Morgan fingerprint density at radius 1 is 0.936 bits per heavy atom. The minimum absolute atomic E-state index is 0.169. The Labute approximate surface area is 275 Å². The fourth-order valence-corrected chi connectivity index (χ4v) is 5.42. The molecule has 0 N–H and O–H groups in total. The Kier molecular flexibility index (Phi) is 8.95. The van der Waals surface area contributed by atoms with Crippen molar-refractivity contribution in [3.63, 3.8) is 0 Å². The Morgan fingerprint density at radius 2 is 1.77 bits per heavy atom. The molecular formula is C37H27ClN4O5. The second-order valence-corrected chi connectivity index (χ2v) is 11.1. The summed E-state index contributed by atoms with van der Waals surface area (Å²) in [5.74, 6) is 1.29. The standard InChI is InChI=1S/C37H27ClN4O5/c1-23-28(21-47-34-15-36(35(45-2)14-32(34)38)46-20-26-11-25(16-39)17-40-18-26)6-4-8-30(23)27-5-3-7-29(13-27)42-22-41-33-12-24(19-43)9-10-31(33)37(42)44/h3-15,17-19,22H,20-21H2,1-2H3. The molecule has 2 aromatic heterocycles. The number of benzene rings is 4. The molecule has 0 unspecified atom stereocenters. The van der Waals surface area contributed by atoms with Gasteiger partial charge in [-0.05, 0) is 59.5 Å². The van der Waals surface area contributed by atoms with Crippen LogP contribution in [0.4, 0.5) is 0 Å². The van der Waals surface area contributed by atoms with Crippen molar-refractivity contribution >= 4 is 28.8 Å². The van der Waals surface area contributed by atoms with Crippen molar-refractivity contribution in [2.24, 2.45) is 0 Å². The highest BCUT2D eigenvalue weighted by Crippen LogP contribution is 2.39. The van der Waals surface area contributed by atoms with Gasteiger partial charge in [-0.15, -0.1) is 0 Å². The number of rotatable bonds is 10. The van der Waals surface area contributed by atoms with Crippen LogP contribution in [0.25, 0.3) is 27.7 Å². The summed E-state index contributed by atoms with van der Waals surface area (Å²) in [6.45, 7) is 2.42. The van der Waals surface area contributed by atoms with Crippen LogP contribution in [0.5, 0.6) is 17.2 Å². The summed E-state index contributed by atoms with van der Waals surface area (Å²) < 4.78 is 19.2. The quantitative estimate of drug-likeness (QED) is 0.143. The van der Waals surface area contributed by atoms with Gasteiger partial charge in [0.15, 0.2) is 11.5 Å². The number of methoxy groups -OCH3 is 1. The number of nitrogens with zero attached hydrogens (tertiary/aromatic N) is 4. The number of ether oxygens (including phenoxy) is 3. The molecule has 6 rings (SSSR count). The summed E-state index contributed by atoms with van der Waals surface area (Å²) in [7, 11) is 1.53. The molecule has 6 aromatic rings. The first-order valence-electron chi connectivity index (χ1n) is 14.5. The smallest absolute Gasteiger partial charge is 0.265 e. The lowest BCUT2D eigenvalue weighted by Gasteiger charge is -2.16. The van der Waals surface area contributed by atoms with E-state index < -0.39 is 0 Å². The molecule has 0 amide bonds. The molecule has 0 bridgehead atoms. The Bertz CT molecular complexity index is 2240. The lowest BCUT2D eigenvalue weighted by atomic mass is 9.96. The Balaban J connectivity index is 1.24. The van der Waals surface area contributed by atoms with Gasteiger partial charge < -0.3 is 14.2 Å². The van der Waals surface area contributed by atoms with Crippen LogP contribution in [-0.4, -0.2) is 27.9 Å². The fourth-order valence-electron chi connectivity index (χ4n) is 5.22. The molecule has 0 aliphatic heterocycles. The topological polar surface area (TPSA) is 116 Å². The van der Waals surface area contributed by atoms with Crippen molar-refractivity contribution in [3.05, 3.63) is 141 Å². The zero-order valence-corrected chi connectivity index (χ0v) is 26.2.